The zero-order valence-corrected chi connectivity index (χ0v) is 17.3. The van der Waals surface area contributed by atoms with Crippen molar-refractivity contribution < 1.29 is 28.2 Å². The van der Waals surface area contributed by atoms with E-state index in [0.29, 0.717) is 22.4 Å². The van der Waals surface area contributed by atoms with E-state index in [1.165, 1.54) is 60.5 Å². The third kappa shape index (κ3) is 3.62. The van der Waals surface area contributed by atoms with Crippen LogP contribution in [0.15, 0.2) is 72.3 Å². The molecule has 7 heteroatoms. The highest BCUT2D eigenvalue weighted by atomic mass is 19.1. The van der Waals surface area contributed by atoms with Gasteiger partial charge < -0.3 is 9.84 Å². The molecule has 0 bridgehead atoms. The number of halogens is 2. The molecule has 1 heterocycles. The molecule has 1 N–H and O–H groups in total. The first-order valence-corrected chi connectivity index (χ1v) is 9.79. The number of hydrogen-bond donors (Lipinski definition) is 1. The van der Waals surface area contributed by atoms with Gasteiger partial charge in [-0.1, -0.05) is 12.1 Å². The molecule has 1 aliphatic heterocycles. The van der Waals surface area contributed by atoms with Crippen LogP contribution in [0.5, 0.6) is 5.75 Å². The monoisotopic (exact) mass is 435 g/mol. The van der Waals surface area contributed by atoms with Crippen LogP contribution in [0, 0.1) is 18.6 Å². The molecule has 5 nitrogen and oxygen atoms in total. The van der Waals surface area contributed by atoms with Crippen molar-refractivity contribution >= 4 is 23.1 Å². The largest absolute Gasteiger partial charge is 0.507 e. The molecule has 1 aliphatic rings. The van der Waals surface area contributed by atoms with E-state index in [1.54, 1.807) is 25.1 Å². The number of carbonyl (C=O) groups is 2. The number of rotatable bonds is 4. The summed E-state index contributed by atoms with van der Waals surface area (Å²) < 4.78 is 32.2. The smallest absolute Gasteiger partial charge is 0.300 e. The molecule has 0 radical (unpaired) electrons. The number of amides is 1. The van der Waals surface area contributed by atoms with Gasteiger partial charge in [0, 0.05) is 11.3 Å². The van der Waals surface area contributed by atoms with Crippen molar-refractivity contribution in [2.75, 3.05) is 12.0 Å². The molecule has 162 valence electrons. The van der Waals surface area contributed by atoms with Gasteiger partial charge in [0.1, 0.15) is 23.1 Å². The summed E-state index contributed by atoms with van der Waals surface area (Å²) in [5, 5.41) is 11.2. The number of hydrogen-bond acceptors (Lipinski definition) is 4. The minimum Gasteiger partial charge on any atom is -0.507 e. The van der Waals surface area contributed by atoms with Crippen molar-refractivity contribution in [1.29, 1.82) is 0 Å². The lowest BCUT2D eigenvalue weighted by Crippen LogP contribution is -2.29. The third-order valence-electron chi connectivity index (χ3n) is 5.42. The van der Waals surface area contributed by atoms with Crippen LogP contribution in [-0.2, 0) is 9.59 Å². The summed E-state index contributed by atoms with van der Waals surface area (Å²) in [6, 6.07) is 14.3. The predicted octanol–water partition coefficient (Wildman–Crippen LogP) is 4.91. The predicted molar refractivity (Wildman–Crippen MR) is 115 cm³/mol. The molecule has 3 aromatic carbocycles. The lowest BCUT2D eigenvalue weighted by atomic mass is 9.93. The summed E-state index contributed by atoms with van der Waals surface area (Å²) in [5.74, 6) is -2.55. The summed E-state index contributed by atoms with van der Waals surface area (Å²) in [6.45, 7) is 1.74. The maximum atomic E-state index is 13.6. The van der Waals surface area contributed by atoms with Crippen molar-refractivity contribution in [2.45, 2.75) is 13.0 Å². The highest BCUT2D eigenvalue weighted by Crippen LogP contribution is 2.42. The zero-order valence-electron chi connectivity index (χ0n) is 17.3. The Morgan fingerprint density at radius 1 is 0.938 bits per heavy atom. The molecule has 4 rings (SSSR count). The van der Waals surface area contributed by atoms with Crippen molar-refractivity contribution in [3.05, 3.63) is 101 Å². The molecule has 1 unspecified atom stereocenters. The number of Topliss-reactive ketones (excluding diaryl/α,β-unsaturated/α-hetero) is 1. The van der Waals surface area contributed by atoms with E-state index in [-0.39, 0.29) is 17.0 Å². The second-order valence-corrected chi connectivity index (χ2v) is 7.38. The first-order valence-electron chi connectivity index (χ1n) is 9.79. The second-order valence-electron chi connectivity index (χ2n) is 7.38. The van der Waals surface area contributed by atoms with Crippen molar-refractivity contribution in [3.63, 3.8) is 0 Å². The zero-order chi connectivity index (χ0) is 23.0. The molecule has 0 saturated carbocycles. The molecule has 1 fully saturated rings. The van der Waals surface area contributed by atoms with E-state index in [0.717, 1.165) is 0 Å². The second kappa shape index (κ2) is 8.26. The Morgan fingerprint density at radius 2 is 1.53 bits per heavy atom. The Balaban J connectivity index is 1.94. The number of nitrogens with zero attached hydrogens (tertiary/aromatic N) is 1. The summed E-state index contributed by atoms with van der Waals surface area (Å²) in [7, 11) is 1.51. The third-order valence-corrected chi connectivity index (χ3v) is 5.42. The molecule has 0 aliphatic carbocycles. The van der Waals surface area contributed by atoms with E-state index in [9.17, 15) is 23.5 Å². The normalized spacial score (nSPS) is 17.6. The molecule has 1 saturated heterocycles. The Labute approximate surface area is 183 Å². The van der Waals surface area contributed by atoms with Gasteiger partial charge in [0.15, 0.2) is 0 Å². The van der Waals surface area contributed by atoms with Gasteiger partial charge in [-0.3, -0.25) is 14.5 Å². The van der Waals surface area contributed by atoms with Crippen molar-refractivity contribution in [1.82, 2.24) is 0 Å². The average Bonchev–Trinajstić information content (AvgIpc) is 3.05. The van der Waals surface area contributed by atoms with Gasteiger partial charge in [-0.15, -0.1) is 0 Å². The SMILES string of the molecule is COc1ccc(/C(O)=C2/C(=O)C(=O)N(c3ccc(F)cc3)C2c2ccc(F)cc2)c(C)c1. The van der Waals surface area contributed by atoms with Crippen LogP contribution in [-0.4, -0.2) is 23.9 Å². The summed E-state index contributed by atoms with van der Waals surface area (Å²) in [6.07, 6.45) is 0. The van der Waals surface area contributed by atoms with Crippen LogP contribution >= 0.6 is 0 Å². The highest BCUT2D eigenvalue weighted by Gasteiger charge is 2.47. The maximum Gasteiger partial charge on any atom is 0.300 e. The number of ketones is 1. The number of aliphatic hydroxyl groups is 1. The van der Waals surface area contributed by atoms with Crippen LogP contribution < -0.4 is 9.64 Å². The van der Waals surface area contributed by atoms with E-state index in [2.05, 4.69) is 0 Å². The van der Waals surface area contributed by atoms with Crippen LogP contribution in [0.1, 0.15) is 22.7 Å². The van der Waals surface area contributed by atoms with Gasteiger partial charge in [0.2, 0.25) is 0 Å². The first-order chi connectivity index (χ1) is 15.3. The number of methoxy groups -OCH3 is 1. The molecular formula is C25H19F2NO4. The van der Waals surface area contributed by atoms with Gasteiger partial charge >= 0.3 is 0 Å². The first kappa shape index (κ1) is 21.2. The van der Waals surface area contributed by atoms with Crippen molar-refractivity contribution in [3.8, 4) is 5.75 Å². The molecule has 32 heavy (non-hydrogen) atoms. The maximum absolute atomic E-state index is 13.6. The molecule has 0 aromatic heterocycles. The van der Waals surface area contributed by atoms with E-state index in [4.69, 9.17) is 4.74 Å². The molecule has 1 atom stereocenters. The van der Waals surface area contributed by atoms with Gasteiger partial charge in [0.25, 0.3) is 11.7 Å². The minimum absolute atomic E-state index is 0.140. The summed E-state index contributed by atoms with van der Waals surface area (Å²) >= 11 is 0. The summed E-state index contributed by atoms with van der Waals surface area (Å²) in [4.78, 5) is 27.3. The number of aryl methyl sites for hydroxylation is 1. The number of benzene rings is 3. The topological polar surface area (TPSA) is 66.8 Å². The molecular weight excluding hydrogens is 416 g/mol. The lowest BCUT2D eigenvalue weighted by molar-refractivity contribution is -0.132. The number of ether oxygens (including phenoxy) is 1. The van der Waals surface area contributed by atoms with E-state index in [1.807, 2.05) is 0 Å². The van der Waals surface area contributed by atoms with Crippen LogP contribution in [0.4, 0.5) is 14.5 Å². The Bertz CT molecular complexity index is 1230. The fourth-order valence-corrected chi connectivity index (χ4v) is 3.83. The van der Waals surface area contributed by atoms with Crippen LogP contribution in [0.2, 0.25) is 0 Å². The van der Waals surface area contributed by atoms with Gasteiger partial charge in [0.05, 0.1) is 18.7 Å². The van der Waals surface area contributed by atoms with Gasteiger partial charge in [-0.25, -0.2) is 8.78 Å². The Morgan fingerprint density at radius 3 is 2.09 bits per heavy atom. The number of carbonyl (C=O) groups excluding carboxylic acids is 2. The quantitative estimate of drug-likeness (QED) is 0.359. The molecule has 0 spiro atoms. The average molecular weight is 435 g/mol. The van der Waals surface area contributed by atoms with E-state index >= 15 is 0 Å². The van der Waals surface area contributed by atoms with Crippen molar-refractivity contribution in [2.24, 2.45) is 0 Å². The number of aliphatic hydroxyl groups excluding tert-OH is 1. The lowest BCUT2D eigenvalue weighted by Gasteiger charge is -2.25. The summed E-state index contributed by atoms with van der Waals surface area (Å²) in [5.41, 5.74) is 1.54. The van der Waals surface area contributed by atoms with Gasteiger partial charge in [-0.05, 0) is 72.6 Å². The van der Waals surface area contributed by atoms with Gasteiger partial charge in [-0.2, -0.15) is 0 Å². The van der Waals surface area contributed by atoms with Crippen LogP contribution in [0.3, 0.4) is 0 Å². The molecule has 3 aromatic rings. The molecule has 1 amide bonds. The number of anilines is 1. The highest BCUT2D eigenvalue weighted by molar-refractivity contribution is 6.51. The Kier molecular flexibility index (Phi) is 5.48. The standard InChI is InChI=1S/C25H19F2NO4/c1-14-13-19(32-2)11-12-20(14)23(29)21-22(15-3-5-16(26)6-4-15)28(25(31)24(21)30)18-9-7-17(27)8-10-18/h3-13,22,29H,1-2H3/b23-21-. The fourth-order valence-electron chi connectivity index (χ4n) is 3.83. The van der Waals surface area contributed by atoms with E-state index < -0.39 is 29.4 Å². The minimum atomic E-state index is -1.03. The fraction of sp³-hybridized carbons (Fsp3) is 0.120. The van der Waals surface area contributed by atoms with Crippen LogP contribution in [0.25, 0.3) is 5.76 Å². The Hall–Kier alpha value is -4.00.